The van der Waals surface area contributed by atoms with Crippen LogP contribution < -0.4 is 5.32 Å². The fourth-order valence-electron chi connectivity index (χ4n) is 3.26. The highest BCUT2D eigenvalue weighted by molar-refractivity contribution is 7.14. The maximum absolute atomic E-state index is 13.2. The average Bonchev–Trinajstić information content (AvgIpc) is 3.51. The molecule has 0 aliphatic carbocycles. The second-order valence-corrected chi connectivity index (χ2v) is 8.54. The van der Waals surface area contributed by atoms with Crippen molar-refractivity contribution in [3.8, 4) is 27.9 Å². The minimum atomic E-state index is -0.225. The summed E-state index contributed by atoms with van der Waals surface area (Å²) in [5, 5.41) is 17.1. The van der Waals surface area contributed by atoms with E-state index >= 15 is 0 Å². The van der Waals surface area contributed by atoms with E-state index in [4.69, 9.17) is 10.2 Å². The topological polar surface area (TPSA) is 78.7 Å². The number of hydrogen-bond acceptors (Lipinski definition) is 6. The van der Waals surface area contributed by atoms with E-state index in [-0.39, 0.29) is 5.91 Å². The number of benzene rings is 2. The van der Waals surface area contributed by atoms with Crippen molar-refractivity contribution in [3.63, 3.8) is 0 Å². The van der Waals surface area contributed by atoms with Crippen molar-refractivity contribution in [2.45, 2.75) is 0 Å². The van der Waals surface area contributed by atoms with E-state index in [9.17, 15) is 4.79 Å². The minimum Gasteiger partial charge on any atom is -0.298 e. The molecule has 5 aromatic rings. The lowest BCUT2D eigenvalue weighted by atomic mass is 10.1. The standard InChI is InChI=1S/C24H14N4OS2/c25-13-15-7-9-16(10-8-15)21-14-31-24(27-21)28-23(29)18-12-20(22-6-3-11-30-22)26-19-5-2-1-4-17(18)19/h1-12,14H,(H,27,28,29). The summed E-state index contributed by atoms with van der Waals surface area (Å²) in [6.07, 6.45) is 0. The number of carbonyl (C=O) groups excluding carboxylic acids is 1. The minimum absolute atomic E-state index is 0.225. The Morgan fingerprint density at radius 1 is 0.935 bits per heavy atom. The number of nitrogens with zero attached hydrogens (tertiary/aromatic N) is 3. The molecule has 1 N–H and O–H groups in total. The van der Waals surface area contributed by atoms with Gasteiger partial charge >= 0.3 is 0 Å². The molecule has 0 aliphatic heterocycles. The SMILES string of the molecule is N#Cc1ccc(-c2csc(NC(=O)c3cc(-c4cccs4)nc4ccccc34)n2)cc1. The van der Waals surface area contributed by atoms with Crippen LogP contribution in [0.25, 0.3) is 32.7 Å². The van der Waals surface area contributed by atoms with Crippen molar-refractivity contribution in [2.24, 2.45) is 0 Å². The Kier molecular flexibility index (Phi) is 5.00. The number of aromatic nitrogens is 2. The molecule has 7 heteroatoms. The van der Waals surface area contributed by atoms with Crippen LogP contribution in [0.3, 0.4) is 0 Å². The highest BCUT2D eigenvalue weighted by Crippen LogP contribution is 2.29. The number of para-hydroxylation sites is 1. The molecule has 2 aromatic carbocycles. The Hall–Kier alpha value is -3.86. The fraction of sp³-hybridized carbons (Fsp3) is 0. The molecule has 5 nitrogen and oxygen atoms in total. The quantitative estimate of drug-likeness (QED) is 0.362. The molecule has 0 saturated heterocycles. The number of amides is 1. The number of fused-ring (bicyclic) bond motifs is 1. The summed E-state index contributed by atoms with van der Waals surface area (Å²) < 4.78 is 0. The van der Waals surface area contributed by atoms with Gasteiger partial charge < -0.3 is 0 Å². The third-order valence-electron chi connectivity index (χ3n) is 4.77. The summed E-state index contributed by atoms with van der Waals surface area (Å²) in [4.78, 5) is 23.4. The van der Waals surface area contributed by atoms with E-state index in [0.717, 1.165) is 32.7 Å². The Balaban J connectivity index is 1.47. The van der Waals surface area contributed by atoms with Crippen LogP contribution in [0, 0.1) is 11.3 Å². The van der Waals surface area contributed by atoms with Crippen molar-refractivity contribution < 1.29 is 4.79 Å². The van der Waals surface area contributed by atoms with Gasteiger partial charge in [0.1, 0.15) is 0 Å². The van der Waals surface area contributed by atoms with Crippen LogP contribution in [-0.2, 0) is 0 Å². The van der Waals surface area contributed by atoms with Crippen LogP contribution in [0.4, 0.5) is 5.13 Å². The van der Waals surface area contributed by atoms with Crippen LogP contribution in [0.1, 0.15) is 15.9 Å². The summed E-state index contributed by atoms with van der Waals surface area (Å²) in [6.45, 7) is 0. The van der Waals surface area contributed by atoms with Gasteiger partial charge in [0.05, 0.1) is 39.0 Å². The maximum Gasteiger partial charge on any atom is 0.258 e. The highest BCUT2D eigenvalue weighted by atomic mass is 32.1. The Bertz CT molecular complexity index is 1430. The zero-order valence-electron chi connectivity index (χ0n) is 16.1. The predicted molar refractivity (Wildman–Crippen MR) is 125 cm³/mol. The lowest BCUT2D eigenvalue weighted by Gasteiger charge is -2.08. The molecule has 1 amide bonds. The molecule has 3 aromatic heterocycles. The lowest BCUT2D eigenvalue weighted by molar-refractivity contribution is 0.102. The number of thiazole rings is 1. The number of carbonyl (C=O) groups is 1. The summed E-state index contributed by atoms with van der Waals surface area (Å²) >= 11 is 2.95. The number of rotatable bonds is 4. The normalized spacial score (nSPS) is 10.7. The van der Waals surface area contributed by atoms with Gasteiger partial charge in [-0.15, -0.1) is 22.7 Å². The molecule has 0 fully saturated rings. The van der Waals surface area contributed by atoms with Crippen LogP contribution >= 0.6 is 22.7 Å². The first-order chi connectivity index (χ1) is 15.2. The van der Waals surface area contributed by atoms with Gasteiger partial charge in [0.25, 0.3) is 5.91 Å². The average molecular weight is 439 g/mol. The third kappa shape index (κ3) is 3.82. The van der Waals surface area contributed by atoms with Crippen molar-refractivity contribution in [2.75, 3.05) is 5.32 Å². The lowest BCUT2D eigenvalue weighted by Crippen LogP contribution is -2.13. The Morgan fingerprint density at radius 2 is 1.77 bits per heavy atom. The van der Waals surface area contributed by atoms with Gasteiger partial charge in [0, 0.05) is 16.3 Å². The van der Waals surface area contributed by atoms with Gasteiger partial charge in [0.2, 0.25) is 0 Å². The molecule has 31 heavy (non-hydrogen) atoms. The molecule has 3 heterocycles. The molecule has 0 spiro atoms. The van der Waals surface area contributed by atoms with Gasteiger partial charge in [-0.05, 0) is 35.7 Å². The Morgan fingerprint density at radius 3 is 2.55 bits per heavy atom. The van der Waals surface area contributed by atoms with E-state index in [0.29, 0.717) is 16.3 Å². The zero-order chi connectivity index (χ0) is 21.2. The van der Waals surface area contributed by atoms with Crippen molar-refractivity contribution in [1.29, 1.82) is 5.26 Å². The second kappa shape index (κ2) is 8.11. The van der Waals surface area contributed by atoms with Gasteiger partial charge in [-0.3, -0.25) is 10.1 Å². The predicted octanol–water partition coefficient (Wildman–Crippen LogP) is 6.21. The van der Waals surface area contributed by atoms with Crippen LogP contribution in [0.2, 0.25) is 0 Å². The molecular formula is C24H14N4OS2. The largest absolute Gasteiger partial charge is 0.298 e. The first-order valence-corrected chi connectivity index (χ1v) is 11.2. The van der Waals surface area contributed by atoms with Gasteiger partial charge in [-0.1, -0.05) is 36.4 Å². The van der Waals surface area contributed by atoms with Crippen LogP contribution in [0.5, 0.6) is 0 Å². The van der Waals surface area contributed by atoms with Gasteiger partial charge in [-0.2, -0.15) is 5.26 Å². The van der Waals surface area contributed by atoms with Crippen molar-refractivity contribution in [1.82, 2.24) is 9.97 Å². The molecular weight excluding hydrogens is 424 g/mol. The fourth-order valence-corrected chi connectivity index (χ4v) is 4.66. The summed E-state index contributed by atoms with van der Waals surface area (Å²) in [6, 6.07) is 22.7. The molecule has 0 radical (unpaired) electrons. The number of thiophene rings is 1. The molecule has 0 aliphatic rings. The van der Waals surface area contributed by atoms with Crippen LogP contribution in [-0.4, -0.2) is 15.9 Å². The van der Waals surface area contributed by atoms with E-state index < -0.39 is 0 Å². The molecule has 0 bridgehead atoms. The van der Waals surface area contributed by atoms with Crippen molar-refractivity contribution in [3.05, 3.63) is 88.6 Å². The van der Waals surface area contributed by atoms with Gasteiger partial charge in [-0.25, -0.2) is 9.97 Å². The van der Waals surface area contributed by atoms with Gasteiger partial charge in [0.15, 0.2) is 5.13 Å². The number of hydrogen-bond donors (Lipinski definition) is 1. The molecule has 148 valence electrons. The highest BCUT2D eigenvalue weighted by Gasteiger charge is 2.16. The maximum atomic E-state index is 13.2. The molecule has 0 atom stereocenters. The molecule has 0 saturated carbocycles. The monoisotopic (exact) mass is 438 g/mol. The number of pyridine rings is 1. The summed E-state index contributed by atoms with van der Waals surface area (Å²) in [5.41, 5.74) is 4.35. The van der Waals surface area contributed by atoms with E-state index in [1.165, 1.54) is 11.3 Å². The number of nitrogens with one attached hydrogen (secondary N) is 1. The first-order valence-electron chi connectivity index (χ1n) is 9.42. The van der Waals surface area contributed by atoms with Crippen molar-refractivity contribution >= 4 is 44.6 Å². The van der Waals surface area contributed by atoms with E-state index in [1.54, 1.807) is 23.5 Å². The summed E-state index contributed by atoms with van der Waals surface area (Å²) in [5.74, 6) is -0.225. The number of anilines is 1. The Labute approximate surface area is 186 Å². The molecule has 0 unspecified atom stereocenters. The summed E-state index contributed by atoms with van der Waals surface area (Å²) in [7, 11) is 0. The third-order valence-corrected chi connectivity index (χ3v) is 6.42. The smallest absolute Gasteiger partial charge is 0.258 e. The van der Waals surface area contributed by atoms with E-state index in [2.05, 4.69) is 16.4 Å². The number of nitriles is 1. The van der Waals surface area contributed by atoms with E-state index in [1.807, 2.05) is 65.4 Å². The first kappa shape index (κ1) is 19.1. The second-order valence-electron chi connectivity index (χ2n) is 6.73. The zero-order valence-corrected chi connectivity index (χ0v) is 17.7. The molecule has 5 rings (SSSR count). The van der Waals surface area contributed by atoms with Crippen LogP contribution in [0.15, 0.2) is 77.5 Å².